The van der Waals surface area contributed by atoms with Gasteiger partial charge in [0.1, 0.15) is 5.65 Å². The number of pyridine rings is 2. The van der Waals surface area contributed by atoms with Gasteiger partial charge in [-0.05, 0) is 55.7 Å². The number of benzene rings is 1. The molecule has 36 heavy (non-hydrogen) atoms. The Labute approximate surface area is 208 Å². The van der Waals surface area contributed by atoms with E-state index in [1.165, 1.54) is 0 Å². The highest BCUT2D eigenvalue weighted by atomic mass is 16.5. The maximum atomic E-state index is 13.7. The van der Waals surface area contributed by atoms with Crippen molar-refractivity contribution in [2.24, 2.45) is 5.73 Å². The highest BCUT2D eigenvalue weighted by Crippen LogP contribution is 2.28. The Kier molecular flexibility index (Phi) is 6.47. The normalized spacial score (nSPS) is 13.5. The van der Waals surface area contributed by atoms with Gasteiger partial charge in [0.15, 0.2) is 0 Å². The summed E-state index contributed by atoms with van der Waals surface area (Å²) in [7, 11) is 0. The molecule has 1 amide bonds. The SMILES string of the molecule is Cc1cccc(-c2ccc(-c3cc4cnc(NC5COC5)nc4n(CCCC(N)=O)c3=O)c(C)c2)n1. The Morgan fingerprint density at radius 1 is 1.14 bits per heavy atom. The minimum absolute atomic E-state index is 0.154. The van der Waals surface area contributed by atoms with Gasteiger partial charge in [-0.3, -0.25) is 19.1 Å². The van der Waals surface area contributed by atoms with Crippen LogP contribution in [0.2, 0.25) is 0 Å². The molecular formula is C27H28N6O3. The van der Waals surface area contributed by atoms with Gasteiger partial charge in [0.2, 0.25) is 11.9 Å². The zero-order chi connectivity index (χ0) is 25.2. The van der Waals surface area contributed by atoms with Gasteiger partial charge >= 0.3 is 0 Å². The molecule has 0 spiro atoms. The average Bonchev–Trinajstić information content (AvgIpc) is 2.82. The number of rotatable bonds is 8. The van der Waals surface area contributed by atoms with E-state index >= 15 is 0 Å². The zero-order valence-corrected chi connectivity index (χ0v) is 20.3. The molecule has 0 radical (unpaired) electrons. The standard InChI is InChI=1S/C27H28N6O3/c1-16-11-18(23-6-3-5-17(2)30-23)8-9-21(16)22-12-19-13-29-27(31-20-14-36-15-20)32-25(19)33(26(22)35)10-4-7-24(28)34/h3,5-6,8-9,11-13,20H,4,7,10,14-15H2,1-2H3,(H2,28,34)(H,29,31,32). The van der Waals surface area contributed by atoms with E-state index in [0.29, 0.717) is 43.3 Å². The van der Waals surface area contributed by atoms with Crippen molar-refractivity contribution in [1.82, 2.24) is 19.5 Å². The molecule has 1 fully saturated rings. The number of nitrogens with one attached hydrogen (secondary N) is 1. The lowest BCUT2D eigenvalue weighted by Gasteiger charge is -2.26. The van der Waals surface area contributed by atoms with E-state index in [1.54, 1.807) is 10.8 Å². The fourth-order valence-electron chi connectivity index (χ4n) is 4.37. The Bertz CT molecular complexity index is 1510. The number of ether oxygens (including phenoxy) is 1. The fraction of sp³-hybridized carbons (Fsp3) is 0.296. The lowest BCUT2D eigenvalue weighted by molar-refractivity contribution is -0.118. The Morgan fingerprint density at radius 3 is 2.67 bits per heavy atom. The van der Waals surface area contributed by atoms with Crippen LogP contribution in [-0.2, 0) is 16.1 Å². The van der Waals surface area contributed by atoms with Crippen LogP contribution >= 0.6 is 0 Å². The van der Waals surface area contributed by atoms with Crippen LogP contribution < -0.4 is 16.6 Å². The van der Waals surface area contributed by atoms with E-state index in [9.17, 15) is 9.59 Å². The van der Waals surface area contributed by atoms with E-state index in [0.717, 1.165) is 33.5 Å². The quantitative estimate of drug-likeness (QED) is 0.393. The van der Waals surface area contributed by atoms with Crippen molar-refractivity contribution in [1.29, 1.82) is 0 Å². The Balaban J connectivity index is 1.58. The number of fused-ring (bicyclic) bond motifs is 1. The van der Waals surface area contributed by atoms with Crippen LogP contribution in [0.1, 0.15) is 24.1 Å². The summed E-state index contributed by atoms with van der Waals surface area (Å²) in [5.74, 6) is 0.0412. The highest BCUT2D eigenvalue weighted by molar-refractivity contribution is 5.83. The molecule has 4 aromatic rings. The largest absolute Gasteiger partial charge is 0.377 e. The third kappa shape index (κ3) is 4.83. The zero-order valence-electron chi connectivity index (χ0n) is 20.3. The van der Waals surface area contributed by atoms with Gasteiger partial charge in [-0.1, -0.05) is 18.2 Å². The summed E-state index contributed by atoms with van der Waals surface area (Å²) < 4.78 is 6.83. The van der Waals surface area contributed by atoms with Gasteiger partial charge in [0, 0.05) is 41.4 Å². The monoisotopic (exact) mass is 484 g/mol. The number of nitrogens with zero attached hydrogens (tertiary/aromatic N) is 4. The van der Waals surface area contributed by atoms with Crippen LogP contribution in [0, 0.1) is 13.8 Å². The molecule has 1 aliphatic heterocycles. The maximum absolute atomic E-state index is 13.7. The lowest BCUT2D eigenvalue weighted by Crippen LogP contribution is -2.40. The molecule has 0 aliphatic carbocycles. The first-order valence-electron chi connectivity index (χ1n) is 12.0. The third-order valence-electron chi connectivity index (χ3n) is 6.30. The molecule has 0 unspecified atom stereocenters. The number of carbonyl (C=O) groups is 1. The Hall–Kier alpha value is -4.11. The molecular weight excluding hydrogens is 456 g/mol. The van der Waals surface area contributed by atoms with Crippen molar-refractivity contribution in [3.05, 3.63) is 70.3 Å². The summed E-state index contributed by atoms with van der Waals surface area (Å²) in [4.78, 5) is 38.8. The second-order valence-corrected chi connectivity index (χ2v) is 9.13. The van der Waals surface area contributed by atoms with Crippen molar-refractivity contribution < 1.29 is 9.53 Å². The van der Waals surface area contributed by atoms with Gasteiger partial charge in [-0.25, -0.2) is 4.98 Å². The molecule has 1 saturated heterocycles. The second-order valence-electron chi connectivity index (χ2n) is 9.13. The molecule has 0 bridgehead atoms. The van der Waals surface area contributed by atoms with Crippen LogP contribution in [0.3, 0.4) is 0 Å². The molecule has 9 nitrogen and oxygen atoms in total. The van der Waals surface area contributed by atoms with Crippen molar-refractivity contribution in [3.63, 3.8) is 0 Å². The molecule has 0 atom stereocenters. The molecule has 184 valence electrons. The van der Waals surface area contributed by atoms with E-state index in [2.05, 4.69) is 20.3 Å². The van der Waals surface area contributed by atoms with E-state index in [-0.39, 0.29) is 18.0 Å². The first kappa shape index (κ1) is 23.6. The summed E-state index contributed by atoms with van der Waals surface area (Å²) in [5.41, 5.74) is 10.8. The van der Waals surface area contributed by atoms with Crippen LogP contribution in [0.4, 0.5) is 5.95 Å². The number of amides is 1. The van der Waals surface area contributed by atoms with E-state index in [4.69, 9.17) is 10.5 Å². The molecule has 0 saturated carbocycles. The van der Waals surface area contributed by atoms with Gasteiger partial charge < -0.3 is 15.8 Å². The van der Waals surface area contributed by atoms with Crippen molar-refractivity contribution in [2.45, 2.75) is 39.3 Å². The molecule has 3 aromatic heterocycles. The number of aromatic nitrogens is 4. The molecule has 9 heteroatoms. The van der Waals surface area contributed by atoms with Gasteiger partial charge in [0.05, 0.1) is 24.9 Å². The third-order valence-corrected chi connectivity index (χ3v) is 6.30. The minimum Gasteiger partial charge on any atom is -0.377 e. The van der Waals surface area contributed by atoms with Crippen molar-refractivity contribution >= 4 is 22.9 Å². The number of anilines is 1. The first-order chi connectivity index (χ1) is 17.4. The minimum atomic E-state index is -0.401. The summed E-state index contributed by atoms with van der Waals surface area (Å²) in [5, 5.41) is 3.97. The number of nitrogens with two attached hydrogens (primary N) is 1. The molecule has 5 rings (SSSR count). The van der Waals surface area contributed by atoms with Crippen LogP contribution in [-0.4, -0.2) is 44.7 Å². The topological polar surface area (TPSA) is 125 Å². The fourth-order valence-corrected chi connectivity index (χ4v) is 4.37. The number of carbonyl (C=O) groups excluding carboxylic acids is 1. The molecule has 1 aliphatic rings. The maximum Gasteiger partial charge on any atom is 0.260 e. The number of hydrogen-bond acceptors (Lipinski definition) is 7. The second kappa shape index (κ2) is 9.87. The number of primary amides is 1. The molecule has 3 N–H and O–H groups in total. The van der Waals surface area contributed by atoms with E-state index in [1.807, 2.05) is 56.3 Å². The van der Waals surface area contributed by atoms with Crippen molar-refractivity contribution in [3.8, 4) is 22.4 Å². The molecule has 1 aromatic carbocycles. The highest BCUT2D eigenvalue weighted by Gasteiger charge is 2.20. The predicted octanol–water partition coefficient (Wildman–Crippen LogP) is 3.21. The average molecular weight is 485 g/mol. The van der Waals surface area contributed by atoms with Crippen LogP contribution in [0.15, 0.2) is 53.5 Å². The lowest BCUT2D eigenvalue weighted by atomic mass is 9.97. The number of hydrogen-bond donors (Lipinski definition) is 2. The van der Waals surface area contributed by atoms with Crippen LogP contribution in [0.25, 0.3) is 33.4 Å². The predicted molar refractivity (Wildman–Crippen MR) is 139 cm³/mol. The van der Waals surface area contributed by atoms with E-state index < -0.39 is 5.91 Å². The summed E-state index contributed by atoms with van der Waals surface area (Å²) in [6.07, 6.45) is 2.34. The summed E-state index contributed by atoms with van der Waals surface area (Å²) in [6, 6.07) is 13.9. The number of aryl methyl sites for hydroxylation is 3. The van der Waals surface area contributed by atoms with Crippen LogP contribution in [0.5, 0.6) is 0 Å². The van der Waals surface area contributed by atoms with Gasteiger partial charge in [-0.15, -0.1) is 0 Å². The summed E-state index contributed by atoms with van der Waals surface area (Å²) in [6.45, 7) is 5.46. The van der Waals surface area contributed by atoms with Gasteiger partial charge in [-0.2, -0.15) is 4.98 Å². The Morgan fingerprint density at radius 2 is 1.97 bits per heavy atom. The first-order valence-corrected chi connectivity index (χ1v) is 12.0. The molecule has 4 heterocycles. The van der Waals surface area contributed by atoms with Gasteiger partial charge in [0.25, 0.3) is 5.56 Å². The smallest absolute Gasteiger partial charge is 0.260 e. The summed E-state index contributed by atoms with van der Waals surface area (Å²) >= 11 is 0. The van der Waals surface area contributed by atoms with Crippen molar-refractivity contribution in [2.75, 3.05) is 18.5 Å².